The molecule has 2 aromatic carbocycles. The molecule has 0 bridgehead atoms. The highest BCUT2D eigenvalue weighted by Crippen LogP contribution is 2.27. The van der Waals surface area contributed by atoms with Crippen molar-refractivity contribution in [1.29, 1.82) is 0 Å². The van der Waals surface area contributed by atoms with Gasteiger partial charge in [0.2, 0.25) is 5.91 Å². The van der Waals surface area contributed by atoms with Crippen LogP contribution >= 0.6 is 11.6 Å². The molecule has 0 radical (unpaired) electrons. The molecule has 0 saturated heterocycles. The maximum absolute atomic E-state index is 12.1. The first-order chi connectivity index (χ1) is 12.0. The molecule has 0 aromatic heterocycles. The smallest absolute Gasteiger partial charge is 0.251 e. The van der Waals surface area contributed by atoms with Gasteiger partial charge >= 0.3 is 0 Å². The van der Waals surface area contributed by atoms with E-state index in [-0.39, 0.29) is 18.4 Å². The molecule has 0 aliphatic rings. The summed E-state index contributed by atoms with van der Waals surface area (Å²) in [7, 11) is 3.00. The fourth-order valence-corrected chi connectivity index (χ4v) is 2.34. The number of carbonyl (C=O) groups excluding carboxylic acids is 2. The molecule has 0 saturated carbocycles. The van der Waals surface area contributed by atoms with Crippen molar-refractivity contribution in [2.45, 2.75) is 6.54 Å². The third-order valence-corrected chi connectivity index (χ3v) is 3.86. The number of amides is 2. The second kappa shape index (κ2) is 8.94. The van der Waals surface area contributed by atoms with E-state index in [0.717, 1.165) is 5.56 Å². The van der Waals surface area contributed by atoms with Gasteiger partial charge in [0.1, 0.15) is 0 Å². The quantitative estimate of drug-likeness (QED) is 0.793. The molecule has 2 N–H and O–H groups in total. The lowest BCUT2D eigenvalue weighted by Gasteiger charge is -2.10. The molecule has 0 spiro atoms. The van der Waals surface area contributed by atoms with Crippen molar-refractivity contribution in [3.05, 3.63) is 58.6 Å². The molecule has 0 atom stereocenters. The number of halogens is 1. The zero-order valence-electron chi connectivity index (χ0n) is 14.0. The zero-order chi connectivity index (χ0) is 18.2. The van der Waals surface area contributed by atoms with Gasteiger partial charge in [-0.25, -0.2) is 0 Å². The van der Waals surface area contributed by atoms with Gasteiger partial charge < -0.3 is 20.1 Å². The summed E-state index contributed by atoms with van der Waals surface area (Å²) in [5, 5.41) is 5.84. The molecule has 0 fully saturated rings. The van der Waals surface area contributed by atoms with Gasteiger partial charge in [0, 0.05) is 17.1 Å². The van der Waals surface area contributed by atoms with E-state index >= 15 is 0 Å². The highest BCUT2D eigenvalue weighted by molar-refractivity contribution is 6.31. The predicted molar refractivity (Wildman–Crippen MR) is 95.2 cm³/mol. The minimum Gasteiger partial charge on any atom is -0.493 e. The largest absolute Gasteiger partial charge is 0.493 e. The van der Waals surface area contributed by atoms with Crippen LogP contribution in [0.3, 0.4) is 0 Å². The molecule has 0 unspecified atom stereocenters. The Kier molecular flexibility index (Phi) is 6.65. The fourth-order valence-electron chi connectivity index (χ4n) is 2.14. The minimum atomic E-state index is -0.381. The van der Waals surface area contributed by atoms with Crippen LogP contribution in [0.2, 0.25) is 5.02 Å². The van der Waals surface area contributed by atoms with Crippen LogP contribution in [-0.2, 0) is 11.3 Å². The Morgan fingerprint density at radius 2 is 1.72 bits per heavy atom. The van der Waals surface area contributed by atoms with Gasteiger partial charge in [-0.3, -0.25) is 9.59 Å². The molecule has 0 heterocycles. The van der Waals surface area contributed by atoms with Gasteiger partial charge in [0.05, 0.1) is 20.8 Å². The molecule has 0 aliphatic carbocycles. The molecule has 2 rings (SSSR count). The summed E-state index contributed by atoms with van der Waals surface area (Å²) in [6.07, 6.45) is 0. The number of benzene rings is 2. The first kappa shape index (κ1) is 18.6. The van der Waals surface area contributed by atoms with Crippen molar-refractivity contribution in [3.8, 4) is 11.5 Å². The van der Waals surface area contributed by atoms with Crippen molar-refractivity contribution >= 4 is 23.4 Å². The van der Waals surface area contributed by atoms with Gasteiger partial charge in [-0.15, -0.1) is 0 Å². The summed E-state index contributed by atoms with van der Waals surface area (Å²) < 4.78 is 10.3. The second-order valence-electron chi connectivity index (χ2n) is 5.12. The van der Waals surface area contributed by atoms with Crippen LogP contribution in [0.25, 0.3) is 0 Å². The topological polar surface area (TPSA) is 76.7 Å². The SMILES string of the molecule is COc1ccc(C(=O)NCC(=O)NCc2ccccc2Cl)cc1OC. The Bertz CT molecular complexity index is 764. The first-order valence-corrected chi connectivity index (χ1v) is 7.93. The lowest BCUT2D eigenvalue weighted by Crippen LogP contribution is -2.36. The third kappa shape index (κ3) is 5.12. The number of hydrogen-bond donors (Lipinski definition) is 2. The van der Waals surface area contributed by atoms with Crippen molar-refractivity contribution in [2.24, 2.45) is 0 Å². The Hall–Kier alpha value is -2.73. The minimum absolute atomic E-state index is 0.141. The Labute approximate surface area is 151 Å². The lowest BCUT2D eigenvalue weighted by molar-refractivity contribution is -0.120. The maximum Gasteiger partial charge on any atom is 0.251 e. The van der Waals surface area contributed by atoms with E-state index in [4.69, 9.17) is 21.1 Å². The molecular weight excluding hydrogens is 344 g/mol. The summed E-state index contributed by atoms with van der Waals surface area (Å²) in [6, 6.07) is 12.0. The number of ether oxygens (including phenoxy) is 2. The summed E-state index contributed by atoms with van der Waals surface area (Å²) in [5.74, 6) is 0.275. The van der Waals surface area contributed by atoms with Gasteiger partial charge in [0.25, 0.3) is 5.91 Å². The molecule has 0 aliphatic heterocycles. The van der Waals surface area contributed by atoms with Crippen LogP contribution in [0.15, 0.2) is 42.5 Å². The molecular formula is C18H19ClN2O4. The van der Waals surface area contributed by atoms with Gasteiger partial charge in [0.15, 0.2) is 11.5 Å². The van der Waals surface area contributed by atoms with E-state index in [1.54, 1.807) is 24.3 Å². The van der Waals surface area contributed by atoms with Crippen LogP contribution in [-0.4, -0.2) is 32.6 Å². The first-order valence-electron chi connectivity index (χ1n) is 7.55. The number of nitrogens with one attached hydrogen (secondary N) is 2. The predicted octanol–water partition coefficient (Wildman–Crippen LogP) is 2.40. The van der Waals surface area contributed by atoms with Crippen LogP contribution < -0.4 is 20.1 Å². The fraction of sp³-hybridized carbons (Fsp3) is 0.222. The maximum atomic E-state index is 12.1. The van der Waals surface area contributed by atoms with Crippen molar-refractivity contribution in [3.63, 3.8) is 0 Å². The summed E-state index contributed by atoms with van der Waals surface area (Å²) in [5.41, 5.74) is 1.18. The highest BCUT2D eigenvalue weighted by atomic mass is 35.5. The average Bonchev–Trinajstić information content (AvgIpc) is 2.64. The molecule has 6 nitrogen and oxygen atoms in total. The van der Waals surface area contributed by atoms with E-state index in [9.17, 15) is 9.59 Å². The average molecular weight is 363 g/mol. The molecule has 7 heteroatoms. The van der Waals surface area contributed by atoms with Crippen molar-refractivity contribution in [2.75, 3.05) is 20.8 Å². The molecule has 132 valence electrons. The van der Waals surface area contributed by atoms with Crippen LogP contribution in [0.4, 0.5) is 0 Å². The monoisotopic (exact) mass is 362 g/mol. The normalized spacial score (nSPS) is 10.0. The summed E-state index contributed by atoms with van der Waals surface area (Å²) in [4.78, 5) is 24.0. The number of methoxy groups -OCH3 is 2. The van der Waals surface area contributed by atoms with Gasteiger partial charge in [-0.05, 0) is 29.8 Å². The summed E-state index contributed by atoms with van der Waals surface area (Å²) >= 11 is 6.03. The Morgan fingerprint density at radius 1 is 1.00 bits per heavy atom. The van der Waals surface area contributed by atoms with E-state index < -0.39 is 0 Å². The van der Waals surface area contributed by atoms with Crippen LogP contribution in [0.5, 0.6) is 11.5 Å². The van der Waals surface area contributed by atoms with E-state index in [0.29, 0.717) is 28.6 Å². The third-order valence-electron chi connectivity index (χ3n) is 3.49. The van der Waals surface area contributed by atoms with Crippen LogP contribution in [0.1, 0.15) is 15.9 Å². The molecule has 25 heavy (non-hydrogen) atoms. The lowest BCUT2D eigenvalue weighted by atomic mass is 10.2. The standard InChI is InChI=1S/C18H19ClN2O4/c1-24-15-8-7-12(9-16(15)25-2)18(23)21-11-17(22)20-10-13-5-3-4-6-14(13)19/h3-9H,10-11H2,1-2H3,(H,20,22)(H,21,23). The van der Waals surface area contributed by atoms with E-state index in [2.05, 4.69) is 10.6 Å². The number of carbonyl (C=O) groups is 2. The Morgan fingerprint density at radius 3 is 2.40 bits per heavy atom. The van der Waals surface area contributed by atoms with Crippen molar-refractivity contribution in [1.82, 2.24) is 10.6 Å². The van der Waals surface area contributed by atoms with Crippen LogP contribution in [0, 0.1) is 0 Å². The summed E-state index contributed by atoms with van der Waals surface area (Å²) in [6.45, 7) is 0.155. The van der Waals surface area contributed by atoms with E-state index in [1.165, 1.54) is 14.2 Å². The highest BCUT2D eigenvalue weighted by Gasteiger charge is 2.12. The number of hydrogen-bond acceptors (Lipinski definition) is 4. The van der Waals surface area contributed by atoms with Gasteiger partial charge in [-0.2, -0.15) is 0 Å². The van der Waals surface area contributed by atoms with Gasteiger partial charge in [-0.1, -0.05) is 29.8 Å². The second-order valence-corrected chi connectivity index (χ2v) is 5.53. The Balaban J connectivity index is 1.87. The zero-order valence-corrected chi connectivity index (χ0v) is 14.7. The van der Waals surface area contributed by atoms with Crippen molar-refractivity contribution < 1.29 is 19.1 Å². The van der Waals surface area contributed by atoms with E-state index in [1.807, 2.05) is 18.2 Å². The molecule has 2 amide bonds. The number of rotatable bonds is 7. The molecule has 2 aromatic rings.